The summed E-state index contributed by atoms with van der Waals surface area (Å²) in [6.45, 7) is 3.59. The van der Waals surface area contributed by atoms with Crippen molar-refractivity contribution in [3.63, 3.8) is 0 Å². The van der Waals surface area contributed by atoms with E-state index in [-0.39, 0.29) is 12.5 Å². The molecule has 3 nitrogen and oxygen atoms in total. The summed E-state index contributed by atoms with van der Waals surface area (Å²) in [5, 5.41) is 9.30. The highest BCUT2D eigenvalue weighted by molar-refractivity contribution is 6.18. The molecule has 0 fully saturated rings. The highest BCUT2D eigenvalue weighted by Crippen LogP contribution is 2.13. The van der Waals surface area contributed by atoms with Crippen molar-refractivity contribution in [1.29, 1.82) is 0 Å². The van der Waals surface area contributed by atoms with Gasteiger partial charge >= 0.3 is 0 Å². The van der Waals surface area contributed by atoms with Crippen LogP contribution in [0.4, 0.5) is 0 Å². The largest absolute Gasteiger partial charge is 0.491 e. The van der Waals surface area contributed by atoms with E-state index in [4.69, 9.17) is 21.1 Å². The SMILES string of the molecule is CCCC=CCOCc1ccc(OCC(O)CCl)cc1. The van der Waals surface area contributed by atoms with Gasteiger partial charge in [-0.15, -0.1) is 11.6 Å². The van der Waals surface area contributed by atoms with Crippen molar-refractivity contribution in [3.05, 3.63) is 42.0 Å². The summed E-state index contributed by atoms with van der Waals surface area (Å²) in [6.07, 6.45) is 5.82. The summed E-state index contributed by atoms with van der Waals surface area (Å²) in [6, 6.07) is 7.65. The Kier molecular flexibility index (Phi) is 9.13. The second kappa shape index (κ2) is 10.7. The molecule has 1 aromatic carbocycles. The molecule has 0 radical (unpaired) electrons. The van der Waals surface area contributed by atoms with Gasteiger partial charge in [0.25, 0.3) is 0 Å². The number of halogens is 1. The van der Waals surface area contributed by atoms with Crippen LogP contribution in [0.25, 0.3) is 0 Å². The number of benzene rings is 1. The monoisotopic (exact) mass is 298 g/mol. The van der Waals surface area contributed by atoms with Crippen LogP contribution >= 0.6 is 11.6 Å². The molecule has 0 aliphatic heterocycles. The van der Waals surface area contributed by atoms with E-state index in [0.717, 1.165) is 24.2 Å². The van der Waals surface area contributed by atoms with Crippen molar-refractivity contribution in [1.82, 2.24) is 0 Å². The summed E-state index contributed by atoms with van der Waals surface area (Å²) in [5.74, 6) is 0.901. The van der Waals surface area contributed by atoms with Crippen LogP contribution in [0.1, 0.15) is 25.3 Å². The van der Waals surface area contributed by atoms with Gasteiger partial charge in [0.05, 0.1) is 19.1 Å². The zero-order valence-electron chi connectivity index (χ0n) is 11.9. The molecule has 4 heteroatoms. The molecule has 1 aromatic rings. The molecule has 112 valence electrons. The minimum absolute atomic E-state index is 0.178. The van der Waals surface area contributed by atoms with E-state index in [1.807, 2.05) is 24.3 Å². The highest BCUT2D eigenvalue weighted by Gasteiger charge is 2.02. The summed E-state index contributed by atoms with van der Waals surface area (Å²) >= 11 is 5.49. The third-order valence-electron chi connectivity index (χ3n) is 2.65. The molecule has 1 atom stereocenters. The molecular formula is C16H23ClO3. The third kappa shape index (κ3) is 7.53. The third-order valence-corrected chi connectivity index (χ3v) is 3.00. The van der Waals surface area contributed by atoms with Crippen LogP contribution < -0.4 is 4.74 Å². The van der Waals surface area contributed by atoms with E-state index >= 15 is 0 Å². The van der Waals surface area contributed by atoms with Crippen molar-refractivity contribution < 1.29 is 14.6 Å². The first-order valence-corrected chi connectivity index (χ1v) is 7.48. The first-order valence-electron chi connectivity index (χ1n) is 6.94. The summed E-state index contributed by atoms with van der Waals surface area (Å²) in [4.78, 5) is 0. The second-order valence-corrected chi connectivity index (χ2v) is 4.85. The molecule has 0 aromatic heterocycles. The lowest BCUT2D eigenvalue weighted by atomic mass is 10.2. The molecule has 0 aliphatic rings. The van der Waals surface area contributed by atoms with Crippen molar-refractivity contribution in [3.8, 4) is 5.75 Å². The Bertz CT molecular complexity index is 376. The Labute approximate surface area is 126 Å². The fourth-order valence-corrected chi connectivity index (χ4v) is 1.61. The van der Waals surface area contributed by atoms with Crippen LogP contribution in [-0.2, 0) is 11.3 Å². The number of rotatable bonds is 10. The van der Waals surface area contributed by atoms with E-state index < -0.39 is 6.10 Å². The summed E-state index contributed by atoms with van der Waals surface area (Å²) in [7, 11) is 0. The Morgan fingerprint density at radius 3 is 2.65 bits per heavy atom. The number of hydrogen-bond acceptors (Lipinski definition) is 3. The minimum Gasteiger partial charge on any atom is -0.491 e. The van der Waals surface area contributed by atoms with Gasteiger partial charge in [0.1, 0.15) is 18.5 Å². The van der Waals surface area contributed by atoms with Gasteiger partial charge in [0.15, 0.2) is 0 Å². The molecule has 20 heavy (non-hydrogen) atoms. The van der Waals surface area contributed by atoms with Crippen LogP contribution in [0.2, 0.25) is 0 Å². The van der Waals surface area contributed by atoms with Gasteiger partial charge in [0, 0.05) is 0 Å². The molecule has 0 bridgehead atoms. The zero-order valence-corrected chi connectivity index (χ0v) is 12.7. The zero-order chi connectivity index (χ0) is 14.6. The van der Waals surface area contributed by atoms with Crippen molar-refractivity contribution in [2.24, 2.45) is 0 Å². The number of hydrogen-bond donors (Lipinski definition) is 1. The predicted octanol–water partition coefficient (Wildman–Crippen LogP) is 3.54. The molecule has 0 heterocycles. The van der Waals surface area contributed by atoms with E-state index in [1.54, 1.807) is 0 Å². The fourth-order valence-electron chi connectivity index (χ4n) is 1.52. The maximum absolute atomic E-state index is 9.30. The predicted molar refractivity (Wildman–Crippen MR) is 82.4 cm³/mol. The van der Waals surface area contributed by atoms with Crippen LogP contribution in [0.15, 0.2) is 36.4 Å². The molecule has 0 spiro atoms. The maximum atomic E-state index is 9.30. The van der Waals surface area contributed by atoms with E-state index in [1.165, 1.54) is 0 Å². The fraction of sp³-hybridized carbons (Fsp3) is 0.500. The van der Waals surface area contributed by atoms with Crippen molar-refractivity contribution in [2.75, 3.05) is 19.1 Å². The van der Waals surface area contributed by atoms with Crippen LogP contribution in [0.3, 0.4) is 0 Å². The Morgan fingerprint density at radius 2 is 2.00 bits per heavy atom. The molecule has 0 amide bonds. The molecule has 0 saturated carbocycles. The molecule has 1 unspecified atom stereocenters. The lowest BCUT2D eigenvalue weighted by Gasteiger charge is -2.10. The summed E-state index contributed by atoms with van der Waals surface area (Å²) < 4.78 is 10.9. The topological polar surface area (TPSA) is 38.7 Å². The van der Waals surface area contributed by atoms with Gasteiger partial charge in [-0.05, 0) is 24.1 Å². The lowest BCUT2D eigenvalue weighted by Crippen LogP contribution is -2.18. The standard InChI is InChI=1S/C16H23ClO3/c1-2-3-4-5-10-19-12-14-6-8-16(9-7-14)20-13-15(18)11-17/h4-9,15,18H,2-3,10-13H2,1H3. The number of unbranched alkanes of at least 4 members (excludes halogenated alkanes) is 1. The van der Waals surface area contributed by atoms with Crippen LogP contribution in [0, 0.1) is 0 Å². The number of allylic oxidation sites excluding steroid dienone is 1. The Hall–Kier alpha value is -1.03. The van der Waals surface area contributed by atoms with Gasteiger partial charge in [-0.25, -0.2) is 0 Å². The number of aliphatic hydroxyl groups is 1. The van der Waals surface area contributed by atoms with Gasteiger partial charge in [-0.1, -0.05) is 37.6 Å². The average molecular weight is 299 g/mol. The van der Waals surface area contributed by atoms with Crippen molar-refractivity contribution in [2.45, 2.75) is 32.5 Å². The van der Waals surface area contributed by atoms with Crippen LogP contribution in [-0.4, -0.2) is 30.3 Å². The molecule has 0 aliphatic carbocycles. The first kappa shape index (κ1) is 17.0. The Morgan fingerprint density at radius 1 is 1.25 bits per heavy atom. The minimum atomic E-state index is -0.630. The van der Waals surface area contributed by atoms with Gasteiger partial charge < -0.3 is 14.6 Å². The highest BCUT2D eigenvalue weighted by atomic mass is 35.5. The van der Waals surface area contributed by atoms with E-state index in [2.05, 4.69) is 19.1 Å². The number of aliphatic hydroxyl groups excluding tert-OH is 1. The van der Waals surface area contributed by atoms with Gasteiger partial charge in [-0.2, -0.15) is 0 Å². The second-order valence-electron chi connectivity index (χ2n) is 4.54. The van der Waals surface area contributed by atoms with E-state index in [0.29, 0.717) is 13.2 Å². The Balaban J connectivity index is 2.24. The quantitative estimate of drug-likeness (QED) is 0.408. The van der Waals surface area contributed by atoms with Crippen molar-refractivity contribution >= 4 is 11.6 Å². The van der Waals surface area contributed by atoms with Gasteiger partial charge in [-0.3, -0.25) is 0 Å². The normalized spacial score (nSPS) is 12.8. The number of ether oxygens (including phenoxy) is 2. The molecule has 1 rings (SSSR count). The molecule has 0 saturated heterocycles. The maximum Gasteiger partial charge on any atom is 0.119 e. The average Bonchev–Trinajstić information content (AvgIpc) is 2.49. The molecular weight excluding hydrogens is 276 g/mol. The lowest BCUT2D eigenvalue weighted by molar-refractivity contribution is 0.125. The van der Waals surface area contributed by atoms with E-state index in [9.17, 15) is 5.11 Å². The van der Waals surface area contributed by atoms with Gasteiger partial charge in [0.2, 0.25) is 0 Å². The summed E-state index contributed by atoms with van der Waals surface area (Å²) in [5.41, 5.74) is 1.10. The number of alkyl halides is 1. The smallest absolute Gasteiger partial charge is 0.119 e. The first-order chi connectivity index (χ1) is 9.76. The molecule has 1 N–H and O–H groups in total. The van der Waals surface area contributed by atoms with Crippen LogP contribution in [0.5, 0.6) is 5.75 Å².